The molecule has 1 atom stereocenters. The van der Waals surface area contributed by atoms with Crippen molar-refractivity contribution in [2.75, 3.05) is 11.6 Å². The summed E-state index contributed by atoms with van der Waals surface area (Å²) in [6, 6.07) is 13.5. The van der Waals surface area contributed by atoms with Crippen LogP contribution in [0, 0.1) is 0 Å². The first-order chi connectivity index (χ1) is 14.1. The second-order valence-electron chi connectivity index (χ2n) is 7.21. The van der Waals surface area contributed by atoms with Crippen molar-refractivity contribution in [2.24, 2.45) is 0 Å². The van der Waals surface area contributed by atoms with Gasteiger partial charge in [-0.3, -0.25) is 9.59 Å². The van der Waals surface area contributed by atoms with Gasteiger partial charge in [0.2, 0.25) is 0 Å². The molecule has 2 aromatic rings. The number of benzene rings is 1. The molecule has 1 amide bonds. The lowest BCUT2D eigenvalue weighted by Crippen LogP contribution is -2.35. The standard InChI is InChI=1S/C23H23N3O2S/c1-14-20(23(28)26-19-8-3-4-13-24-19)21(15-9-11-16(29-2)12-10-15)22-17(25-14)6-5-7-18(22)27/h3-4,8-13,21,25H,5-7H2,1-2H3,(H,24,26,28). The van der Waals surface area contributed by atoms with Crippen LogP contribution in [0.4, 0.5) is 5.82 Å². The van der Waals surface area contributed by atoms with Gasteiger partial charge in [0, 0.05) is 46.0 Å². The quantitative estimate of drug-likeness (QED) is 0.738. The molecule has 2 aliphatic rings. The third kappa shape index (κ3) is 3.85. The lowest BCUT2D eigenvalue weighted by atomic mass is 9.75. The van der Waals surface area contributed by atoms with Crippen molar-refractivity contribution < 1.29 is 9.59 Å². The van der Waals surface area contributed by atoms with Crippen molar-refractivity contribution in [2.45, 2.75) is 37.0 Å². The average Bonchev–Trinajstić information content (AvgIpc) is 2.73. The number of thioether (sulfide) groups is 1. The molecule has 1 aromatic carbocycles. The van der Waals surface area contributed by atoms with Crippen LogP contribution in [0.3, 0.4) is 0 Å². The molecule has 0 fully saturated rings. The van der Waals surface area contributed by atoms with E-state index in [-0.39, 0.29) is 17.6 Å². The molecule has 2 heterocycles. The summed E-state index contributed by atoms with van der Waals surface area (Å²) in [7, 11) is 0. The fourth-order valence-electron chi connectivity index (χ4n) is 4.03. The Morgan fingerprint density at radius 2 is 1.97 bits per heavy atom. The number of dihydropyridines is 1. The molecule has 4 rings (SSSR count). The molecular formula is C23H23N3O2S. The van der Waals surface area contributed by atoms with Gasteiger partial charge in [-0.2, -0.15) is 0 Å². The first-order valence-electron chi connectivity index (χ1n) is 9.69. The molecule has 6 heteroatoms. The van der Waals surface area contributed by atoms with Gasteiger partial charge in [-0.05, 0) is 55.9 Å². The summed E-state index contributed by atoms with van der Waals surface area (Å²) in [4.78, 5) is 31.5. The zero-order valence-electron chi connectivity index (χ0n) is 16.5. The highest BCUT2D eigenvalue weighted by Crippen LogP contribution is 2.42. The van der Waals surface area contributed by atoms with E-state index in [1.54, 1.807) is 30.1 Å². The highest BCUT2D eigenvalue weighted by atomic mass is 32.2. The van der Waals surface area contributed by atoms with E-state index >= 15 is 0 Å². The first-order valence-corrected chi connectivity index (χ1v) is 10.9. The van der Waals surface area contributed by atoms with E-state index in [0.29, 0.717) is 17.8 Å². The summed E-state index contributed by atoms with van der Waals surface area (Å²) in [5.74, 6) is -0.00593. The Morgan fingerprint density at radius 1 is 1.17 bits per heavy atom. The fourth-order valence-corrected chi connectivity index (χ4v) is 4.44. The van der Waals surface area contributed by atoms with E-state index in [0.717, 1.165) is 40.3 Å². The number of nitrogens with zero attached hydrogens (tertiary/aromatic N) is 1. The van der Waals surface area contributed by atoms with E-state index in [1.807, 2.05) is 43.5 Å². The fraction of sp³-hybridized carbons (Fsp3) is 0.261. The monoisotopic (exact) mass is 405 g/mol. The van der Waals surface area contributed by atoms with E-state index in [9.17, 15) is 9.59 Å². The molecule has 29 heavy (non-hydrogen) atoms. The largest absolute Gasteiger partial charge is 0.362 e. The van der Waals surface area contributed by atoms with Gasteiger partial charge >= 0.3 is 0 Å². The van der Waals surface area contributed by atoms with Crippen LogP contribution in [0.25, 0.3) is 0 Å². The van der Waals surface area contributed by atoms with Crippen molar-refractivity contribution >= 4 is 29.3 Å². The SMILES string of the molecule is CSc1ccc(C2C(C(=O)Nc3ccccn3)=C(C)NC3=C2C(=O)CCC3)cc1. The minimum atomic E-state index is -0.376. The molecule has 1 unspecified atom stereocenters. The van der Waals surface area contributed by atoms with Crippen molar-refractivity contribution in [1.29, 1.82) is 0 Å². The second kappa shape index (κ2) is 8.25. The summed E-state index contributed by atoms with van der Waals surface area (Å²) in [5.41, 5.74) is 3.99. The summed E-state index contributed by atoms with van der Waals surface area (Å²) >= 11 is 1.67. The van der Waals surface area contributed by atoms with Crippen molar-refractivity contribution in [3.8, 4) is 0 Å². The van der Waals surface area contributed by atoms with Crippen LogP contribution in [-0.2, 0) is 9.59 Å². The molecule has 5 nitrogen and oxygen atoms in total. The number of rotatable bonds is 4. The molecule has 148 valence electrons. The van der Waals surface area contributed by atoms with E-state index in [4.69, 9.17) is 0 Å². The Balaban J connectivity index is 1.78. The normalized spacial score (nSPS) is 19.0. The second-order valence-corrected chi connectivity index (χ2v) is 8.09. The number of pyridine rings is 1. The zero-order chi connectivity index (χ0) is 20.4. The van der Waals surface area contributed by atoms with Gasteiger partial charge in [0.15, 0.2) is 5.78 Å². The lowest BCUT2D eigenvalue weighted by Gasteiger charge is -2.34. The van der Waals surface area contributed by atoms with Crippen LogP contribution in [0.5, 0.6) is 0 Å². The van der Waals surface area contributed by atoms with Crippen LogP contribution in [0.15, 0.2) is 76.1 Å². The predicted molar refractivity (Wildman–Crippen MR) is 116 cm³/mol. The van der Waals surface area contributed by atoms with Crippen molar-refractivity contribution in [3.63, 3.8) is 0 Å². The summed E-state index contributed by atoms with van der Waals surface area (Å²) in [5, 5.41) is 6.23. The van der Waals surface area contributed by atoms with Gasteiger partial charge in [0.05, 0.1) is 0 Å². The van der Waals surface area contributed by atoms with Crippen LogP contribution in [-0.4, -0.2) is 22.9 Å². The maximum absolute atomic E-state index is 13.3. The topological polar surface area (TPSA) is 71.1 Å². The smallest absolute Gasteiger partial charge is 0.255 e. The summed E-state index contributed by atoms with van der Waals surface area (Å²) in [6.07, 6.45) is 5.85. The van der Waals surface area contributed by atoms with Crippen LogP contribution < -0.4 is 10.6 Å². The molecule has 2 N–H and O–H groups in total. The molecular weight excluding hydrogens is 382 g/mol. The number of hydrogen-bond acceptors (Lipinski definition) is 5. The van der Waals surface area contributed by atoms with Crippen LogP contribution in [0.1, 0.15) is 37.7 Å². The Bertz CT molecular complexity index is 1010. The Hall–Kier alpha value is -2.86. The Labute approximate surface area is 174 Å². The molecule has 1 aromatic heterocycles. The van der Waals surface area contributed by atoms with Gasteiger partial charge in [0.25, 0.3) is 5.91 Å². The molecule has 0 saturated carbocycles. The predicted octanol–water partition coefficient (Wildman–Crippen LogP) is 4.41. The molecule has 1 aliphatic heterocycles. The maximum atomic E-state index is 13.3. The molecule has 0 bridgehead atoms. The lowest BCUT2D eigenvalue weighted by molar-refractivity contribution is -0.116. The molecule has 0 spiro atoms. The Morgan fingerprint density at radius 3 is 2.66 bits per heavy atom. The van der Waals surface area contributed by atoms with Gasteiger partial charge in [-0.25, -0.2) is 4.98 Å². The van der Waals surface area contributed by atoms with Gasteiger partial charge in [-0.15, -0.1) is 11.8 Å². The van der Waals surface area contributed by atoms with Gasteiger partial charge < -0.3 is 10.6 Å². The number of aromatic nitrogens is 1. The molecule has 0 radical (unpaired) electrons. The average molecular weight is 406 g/mol. The van der Waals surface area contributed by atoms with Crippen LogP contribution in [0.2, 0.25) is 0 Å². The van der Waals surface area contributed by atoms with Crippen LogP contribution >= 0.6 is 11.8 Å². The number of allylic oxidation sites excluding steroid dienone is 3. The number of carbonyl (C=O) groups excluding carboxylic acids is 2. The molecule has 0 saturated heterocycles. The van der Waals surface area contributed by atoms with Crippen molar-refractivity contribution in [1.82, 2.24) is 10.3 Å². The third-order valence-corrected chi connectivity index (χ3v) is 6.12. The highest BCUT2D eigenvalue weighted by Gasteiger charge is 2.38. The van der Waals surface area contributed by atoms with E-state index in [2.05, 4.69) is 15.6 Å². The minimum absolute atomic E-state index is 0.119. The first kappa shape index (κ1) is 19.5. The Kier molecular flexibility index (Phi) is 5.53. The number of nitrogens with one attached hydrogen (secondary N) is 2. The van der Waals surface area contributed by atoms with Crippen molar-refractivity contribution in [3.05, 3.63) is 76.8 Å². The van der Waals surface area contributed by atoms with E-state index < -0.39 is 0 Å². The van der Waals surface area contributed by atoms with E-state index in [1.165, 1.54) is 0 Å². The highest BCUT2D eigenvalue weighted by molar-refractivity contribution is 7.98. The molecule has 1 aliphatic carbocycles. The number of amides is 1. The maximum Gasteiger partial charge on any atom is 0.255 e. The summed E-state index contributed by atoms with van der Waals surface area (Å²) in [6.45, 7) is 1.90. The third-order valence-electron chi connectivity index (χ3n) is 5.38. The van der Waals surface area contributed by atoms with Gasteiger partial charge in [-0.1, -0.05) is 18.2 Å². The summed E-state index contributed by atoms with van der Waals surface area (Å²) < 4.78 is 0. The van der Waals surface area contributed by atoms with Gasteiger partial charge in [0.1, 0.15) is 5.82 Å². The number of carbonyl (C=O) groups is 2. The zero-order valence-corrected chi connectivity index (χ0v) is 17.3. The number of hydrogen-bond donors (Lipinski definition) is 2. The minimum Gasteiger partial charge on any atom is -0.362 e. The number of ketones is 1. The number of anilines is 1. The number of Topliss-reactive ketones (excluding diaryl/α,β-unsaturated/α-hetero) is 1.